The first kappa shape index (κ1) is 13.5. The topological polar surface area (TPSA) is 43.4 Å². The van der Waals surface area contributed by atoms with Gasteiger partial charge in [0, 0.05) is 42.9 Å². The van der Waals surface area contributed by atoms with E-state index in [0.717, 1.165) is 45.4 Å². The van der Waals surface area contributed by atoms with E-state index in [1.165, 1.54) is 5.01 Å². The number of hydrogen-bond acceptors (Lipinski definition) is 5. The summed E-state index contributed by atoms with van der Waals surface area (Å²) in [5, 5.41) is 6.94. The summed E-state index contributed by atoms with van der Waals surface area (Å²) in [4.78, 5) is 4.38. The Morgan fingerprint density at radius 3 is 2.79 bits per heavy atom. The van der Waals surface area contributed by atoms with Crippen LogP contribution >= 0.6 is 11.3 Å². The van der Waals surface area contributed by atoms with Crippen LogP contribution < -0.4 is 5.32 Å². The molecule has 19 heavy (non-hydrogen) atoms. The number of hydrogen-bond donors (Lipinski definition) is 1. The summed E-state index contributed by atoms with van der Waals surface area (Å²) in [6.45, 7) is 4.77. The SMILES string of the molecule is CC(CNC1CCC2(CC1)OCCO2)c1nccs1. The van der Waals surface area contributed by atoms with Crippen LogP contribution in [0.25, 0.3) is 0 Å². The molecule has 1 unspecified atom stereocenters. The summed E-state index contributed by atoms with van der Waals surface area (Å²) in [7, 11) is 0. The van der Waals surface area contributed by atoms with Gasteiger partial charge in [-0.1, -0.05) is 6.92 Å². The predicted octanol–water partition coefficient (Wildman–Crippen LogP) is 2.52. The molecular formula is C14H22N2O2S. The van der Waals surface area contributed by atoms with Gasteiger partial charge in [-0.3, -0.25) is 0 Å². The number of nitrogens with zero attached hydrogens (tertiary/aromatic N) is 1. The Morgan fingerprint density at radius 1 is 1.42 bits per heavy atom. The molecular weight excluding hydrogens is 260 g/mol. The van der Waals surface area contributed by atoms with Crippen LogP contribution in [0, 0.1) is 0 Å². The van der Waals surface area contributed by atoms with E-state index in [9.17, 15) is 0 Å². The van der Waals surface area contributed by atoms with Gasteiger partial charge in [-0.05, 0) is 12.8 Å². The molecule has 5 heteroatoms. The minimum absolute atomic E-state index is 0.237. The van der Waals surface area contributed by atoms with E-state index in [-0.39, 0.29) is 5.79 Å². The van der Waals surface area contributed by atoms with Crippen molar-refractivity contribution in [1.29, 1.82) is 0 Å². The summed E-state index contributed by atoms with van der Waals surface area (Å²) < 4.78 is 11.5. The van der Waals surface area contributed by atoms with E-state index in [2.05, 4.69) is 17.2 Å². The van der Waals surface area contributed by atoms with Crippen LogP contribution in [0.3, 0.4) is 0 Å². The molecule has 3 rings (SSSR count). The minimum Gasteiger partial charge on any atom is -0.348 e. The average Bonchev–Trinajstić information content (AvgIpc) is 3.09. The van der Waals surface area contributed by atoms with Crippen molar-refractivity contribution >= 4 is 11.3 Å². The molecule has 1 N–H and O–H groups in total. The monoisotopic (exact) mass is 282 g/mol. The highest BCUT2D eigenvalue weighted by Gasteiger charge is 2.40. The first-order valence-electron chi connectivity index (χ1n) is 7.18. The normalized spacial score (nSPS) is 24.9. The average molecular weight is 282 g/mol. The molecule has 0 amide bonds. The second kappa shape index (κ2) is 5.87. The molecule has 2 aliphatic rings. The second-order valence-corrected chi connectivity index (χ2v) is 6.49. The molecule has 1 aromatic rings. The van der Waals surface area contributed by atoms with Gasteiger partial charge in [-0.15, -0.1) is 11.3 Å². The summed E-state index contributed by atoms with van der Waals surface area (Å²) >= 11 is 1.74. The van der Waals surface area contributed by atoms with Crippen molar-refractivity contribution in [3.8, 4) is 0 Å². The first-order valence-corrected chi connectivity index (χ1v) is 8.06. The zero-order valence-corrected chi connectivity index (χ0v) is 12.2. The number of thiazole rings is 1. The van der Waals surface area contributed by atoms with Crippen LogP contribution in [-0.4, -0.2) is 36.6 Å². The standard InChI is InChI=1S/C14H22N2O2S/c1-11(13-15-6-9-19-13)10-16-12-2-4-14(5-3-12)17-7-8-18-14/h6,9,11-12,16H,2-5,7-8,10H2,1H3. The number of rotatable bonds is 4. The fourth-order valence-corrected chi connectivity index (χ4v) is 3.65. The third-order valence-corrected chi connectivity index (χ3v) is 5.15. The van der Waals surface area contributed by atoms with Crippen molar-refractivity contribution in [2.45, 2.75) is 50.4 Å². The lowest BCUT2D eigenvalue weighted by molar-refractivity contribution is -0.179. The van der Waals surface area contributed by atoms with Crippen molar-refractivity contribution in [2.24, 2.45) is 0 Å². The van der Waals surface area contributed by atoms with E-state index < -0.39 is 0 Å². The van der Waals surface area contributed by atoms with Crippen molar-refractivity contribution < 1.29 is 9.47 Å². The highest BCUT2D eigenvalue weighted by Crippen LogP contribution is 2.35. The molecule has 4 nitrogen and oxygen atoms in total. The van der Waals surface area contributed by atoms with Crippen molar-refractivity contribution in [1.82, 2.24) is 10.3 Å². The van der Waals surface area contributed by atoms with E-state index in [1.54, 1.807) is 11.3 Å². The third kappa shape index (κ3) is 3.16. The summed E-state index contributed by atoms with van der Waals surface area (Å²) in [6, 6.07) is 0.598. The van der Waals surface area contributed by atoms with Gasteiger partial charge in [-0.25, -0.2) is 4.98 Å². The van der Waals surface area contributed by atoms with Crippen LogP contribution in [0.2, 0.25) is 0 Å². The van der Waals surface area contributed by atoms with Crippen LogP contribution in [0.5, 0.6) is 0 Å². The van der Waals surface area contributed by atoms with Crippen LogP contribution in [0.15, 0.2) is 11.6 Å². The predicted molar refractivity (Wildman–Crippen MR) is 75.4 cm³/mol. The number of aromatic nitrogens is 1. The largest absolute Gasteiger partial charge is 0.348 e. The van der Waals surface area contributed by atoms with Crippen LogP contribution in [0.1, 0.15) is 43.5 Å². The first-order chi connectivity index (χ1) is 9.27. The lowest BCUT2D eigenvalue weighted by atomic mass is 9.90. The molecule has 1 spiro atoms. The van der Waals surface area contributed by atoms with Crippen LogP contribution in [-0.2, 0) is 9.47 Å². The molecule has 106 valence electrons. The van der Waals surface area contributed by atoms with Crippen molar-refractivity contribution in [3.05, 3.63) is 16.6 Å². The van der Waals surface area contributed by atoms with E-state index >= 15 is 0 Å². The molecule has 1 aliphatic carbocycles. The van der Waals surface area contributed by atoms with Crippen LogP contribution in [0.4, 0.5) is 0 Å². The quantitative estimate of drug-likeness (QED) is 0.921. The lowest BCUT2D eigenvalue weighted by Crippen LogP contribution is -2.42. The summed E-state index contributed by atoms with van der Waals surface area (Å²) in [6.07, 6.45) is 6.22. The van der Waals surface area contributed by atoms with E-state index in [0.29, 0.717) is 12.0 Å². The Labute approximate surface area is 118 Å². The Bertz CT molecular complexity index is 380. The Kier molecular flexibility index (Phi) is 4.17. The fraction of sp³-hybridized carbons (Fsp3) is 0.786. The van der Waals surface area contributed by atoms with Crippen molar-refractivity contribution in [2.75, 3.05) is 19.8 Å². The maximum atomic E-state index is 5.76. The van der Waals surface area contributed by atoms with Crippen molar-refractivity contribution in [3.63, 3.8) is 0 Å². The third-order valence-electron chi connectivity index (χ3n) is 4.15. The highest BCUT2D eigenvalue weighted by atomic mass is 32.1. The number of ether oxygens (including phenoxy) is 2. The Hall–Kier alpha value is -0.490. The molecule has 2 fully saturated rings. The summed E-state index contributed by atoms with van der Waals surface area (Å²) in [5.74, 6) is 0.258. The van der Waals surface area contributed by atoms with Gasteiger partial charge in [0.25, 0.3) is 0 Å². The molecule has 2 heterocycles. The van der Waals surface area contributed by atoms with Gasteiger partial charge in [0.2, 0.25) is 0 Å². The summed E-state index contributed by atoms with van der Waals surface area (Å²) in [5.41, 5.74) is 0. The van der Waals surface area contributed by atoms with E-state index in [4.69, 9.17) is 9.47 Å². The molecule has 1 aromatic heterocycles. The molecule has 1 saturated heterocycles. The molecule has 1 saturated carbocycles. The van der Waals surface area contributed by atoms with Gasteiger partial charge in [-0.2, -0.15) is 0 Å². The van der Waals surface area contributed by atoms with E-state index in [1.807, 2.05) is 11.6 Å². The molecule has 0 bridgehead atoms. The molecule has 0 radical (unpaired) electrons. The van der Waals surface area contributed by atoms with Gasteiger partial charge in [0.1, 0.15) is 0 Å². The maximum Gasteiger partial charge on any atom is 0.168 e. The number of nitrogens with one attached hydrogen (secondary N) is 1. The lowest BCUT2D eigenvalue weighted by Gasteiger charge is -2.36. The Morgan fingerprint density at radius 2 is 2.16 bits per heavy atom. The maximum absolute atomic E-state index is 5.76. The van der Waals surface area contributed by atoms with Gasteiger partial charge >= 0.3 is 0 Å². The zero-order chi connectivity index (χ0) is 13.1. The molecule has 0 aromatic carbocycles. The van der Waals surface area contributed by atoms with Gasteiger partial charge in [0.05, 0.1) is 18.2 Å². The van der Waals surface area contributed by atoms with Gasteiger partial charge in [0.15, 0.2) is 5.79 Å². The Balaban J connectivity index is 1.42. The smallest absolute Gasteiger partial charge is 0.168 e. The highest BCUT2D eigenvalue weighted by molar-refractivity contribution is 7.09. The second-order valence-electron chi connectivity index (χ2n) is 5.56. The molecule has 1 atom stereocenters. The van der Waals surface area contributed by atoms with Gasteiger partial charge < -0.3 is 14.8 Å². The molecule has 1 aliphatic heterocycles. The fourth-order valence-electron chi connectivity index (χ4n) is 2.96. The zero-order valence-electron chi connectivity index (χ0n) is 11.4. The minimum atomic E-state index is -0.237.